The van der Waals surface area contributed by atoms with Crippen LogP contribution in [0.5, 0.6) is 0 Å². The molecule has 1 aromatic rings. The maximum atomic E-state index is 12.8. The molecule has 0 radical (unpaired) electrons. The summed E-state index contributed by atoms with van der Waals surface area (Å²) < 4.78 is 11.4. The minimum Gasteiger partial charge on any atom is -0.444 e. The van der Waals surface area contributed by atoms with E-state index in [1.165, 1.54) is 5.06 Å². The Morgan fingerprint density at radius 1 is 1.16 bits per heavy atom. The van der Waals surface area contributed by atoms with E-state index in [0.29, 0.717) is 51.2 Å². The highest BCUT2D eigenvalue weighted by atomic mass is 16.7. The molecule has 0 unspecified atom stereocenters. The summed E-state index contributed by atoms with van der Waals surface area (Å²) >= 11 is 0. The van der Waals surface area contributed by atoms with Crippen LogP contribution < -0.4 is 4.90 Å². The van der Waals surface area contributed by atoms with Gasteiger partial charge in [0.25, 0.3) is 0 Å². The zero-order chi connectivity index (χ0) is 22.9. The molecule has 0 aromatic carbocycles. The fraction of sp³-hybridized carbons (Fsp3) is 0.810. The van der Waals surface area contributed by atoms with Crippen molar-refractivity contribution in [1.29, 1.82) is 0 Å². The van der Waals surface area contributed by atoms with Crippen LogP contribution in [0.15, 0.2) is 4.42 Å². The molecule has 3 aliphatic rings. The number of urea groups is 1. The number of hydrogen-bond acceptors (Lipinski definition) is 8. The zero-order valence-corrected chi connectivity index (χ0v) is 19.5. The first-order valence-electron chi connectivity index (χ1n) is 11.6. The third-order valence-electron chi connectivity index (χ3n) is 5.97. The number of piperidine rings is 1. The highest BCUT2D eigenvalue weighted by molar-refractivity contribution is 5.77. The van der Waals surface area contributed by atoms with Crippen molar-refractivity contribution in [2.24, 2.45) is 0 Å². The molecule has 0 spiro atoms. The van der Waals surface area contributed by atoms with Crippen LogP contribution >= 0.6 is 0 Å². The molecule has 3 aliphatic heterocycles. The van der Waals surface area contributed by atoms with Crippen molar-refractivity contribution in [3.63, 3.8) is 0 Å². The molecule has 32 heavy (non-hydrogen) atoms. The van der Waals surface area contributed by atoms with Gasteiger partial charge in [-0.2, -0.15) is 5.06 Å². The molecule has 3 amide bonds. The van der Waals surface area contributed by atoms with Gasteiger partial charge in [0.15, 0.2) is 0 Å². The second kappa shape index (κ2) is 9.13. The van der Waals surface area contributed by atoms with Crippen LogP contribution in [0, 0.1) is 0 Å². The normalized spacial score (nSPS) is 23.8. The summed E-state index contributed by atoms with van der Waals surface area (Å²) in [4.78, 5) is 36.3. The second-order valence-corrected chi connectivity index (χ2v) is 9.57. The van der Waals surface area contributed by atoms with E-state index >= 15 is 0 Å². The van der Waals surface area contributed by atoms with Crippen LogP contribution in [-0.2, 0) is 9.57 Å². The fourth-order valence-electron chi connectivity index (χ4n) is 4.26. The number of amides is 3. The average Bonchev–Trinajstić information content (AvgIpc) is 3.33. The Hall–Kier alpha value is -2.56. The van der Waals surface area contributed by atoms with Gasteiger partial charge in [0.1, 0.15) is 11.6 Å². The van der Waals surface area contributed by atoms with E-state index in [1.54, 1.807) is 9.80 Å². The van der Waals surface area contributed by atoms with Gasteiger partial charge in [0.2, 0.25) is 5.89 Å². The molecule has 11 nitrogen and oxygen atoms in total. The molecular weight excluding hydrogens is 416 g/mol. The molecule has 0 N–H and O–H groups in total. The van der Waals surface area contributed by atoms with Crippen LogP contribution in [-0.4, -0.2) is 88.2 Å². The smallest absolute Gasteiger partial charge is 0.410 e. The van der Waals surface area contributed by atoms with E-state index in [-0.39, 0.29) is 24.2 Å². The summed E-state index contributed by atoms with van der Waals surface area (Å²) in [5, 5.41) is 10.0. The van der Waals surface area contributed by atoms with E-state index in [2.05, 4.69) is 17.1 Å². The second-order valence-electron chi connectivity index (χ2n) is 9.57. The van der Waals surface area contributed by atoms with Crippen LogP contribution in [0.2, 0.25) is 0 Å². The van der Waals surface area contributed by atoms with Gasteiger partial charge >= 0.3 is 18.1 Å². The number of piperazine rings is 1. The van der Waals surface area contributed by atoms with Crippen molar-refractivity contribution in [1.82, 2.24) is 25.1 Å². The van der Waals surface area contributed by atoms with Gasteiger partial charge in [-0.25, -0.2) is 9.59 Å². The number of hydroxylamine groups is 2. The number of nitrogens with zero attached hydrogens (tertiary/aromatic N) is 6. The van der Waals surface area contributed by atoms with E-state index in [4.69, 9.17) is 14.0 Å². The monoisotopic (exact) mass is 450 g/mol. The van der Waals surface area contributed by atoms with Gasteiger partial charge < -0.3 is 23.9 Å². The molecule has 3 saturated heterocycles. The van der Waals surface area contributed by atoms with Crippen molar-refractivity contribution in [2.45, 2.75) is 71.1 Å². The van der Waals surface area contributed by atoms with Crippen molar-refractivity contribution in [2.75, 3.05) is 44.2 Å². The van der Waals surface area contributed by atoms with Crippen LogP contribution in [0.25, 0.3) is 0 Å². The fourth-order valence-corrected chi connectivity index (χ4v) is 4.26. The number of rotatable bonds is 6. The van der Waals surface area contributed by atoms with Gasteiger partial charge in [-0.15, -0.1) is 5.10 Å². The number of carbonyl (C=O) groups excluding carboxylic acids is 2. The Balaban J connectivity index is 1.34. The van der Waals surface area contributed by atoms with Crippen molar-refractivity contribution < 1.29 is 23.6 Å². The molecule has 11 heteroatoms. The number of ether oxygens (including phenoxy) is 1. The Morgan fingerprint density at radius 3 is 2.59 bits per heavy atom. The summed E-state index contributed by atoms with van der Waals surface area (Å²) in [6.45, 7) is 11.0. The third-order valence-corrected chi connectivity index (χ3v) is 5.97. The van der Waals surface area contributed by atoms with E-state index in [0.717, 1.165) is 25.7 Å². The quantitative estimate of drug-likeness (QED) is 0.610. The summed E-state index contributed by atoms with van der Waals surface area (Å²) in [6, 6.07) is 0.148. The maximum Gasteiger partial charge on any atom is 0.410 e. The topological polar surface area (TPSA) is 104 Å². The Morgan fingerprint density at radius 2 is 1.91 bits per heavy atom. The van der Waals surface area contributed by atoms with Crippen molar-refractivity contribution in [3.05, 3.63) is 5.89 Å². The molecular formula is C21H34N6O5. The molecule has 1 aromatic heterocycles. The van der Waals surface area contributed by atoms with E-state index in [1.807, 2.05) is 25.7 Å². The van der Waals surface area contributed by atoms with Gasteiger partial charge in [0, 0.05) is 32.7 Å². The summed E-state index contributed by atoms with van der Waals surface area (Å²) in [6.07, 6.45) is 3.24. The van der Waals surface area contributed by atoms with Gasteiger partial charge in [-0.3, -0.25) is 4.84 Å². The molecule has 4 heterocycles. The third kappa shape index (κ3) is 4.77. The van der Waals surface area contributed by atoms with Crippen molar-refractivity contribution >= 4 is 18.1 Å². The Labute approximate surface area is 188 Å². The maximum absolute atomic E-state index is 12.8. The van der Waals surface area contributed by atoms with E-state index in [9.17, 15) is 9.59 Å². The Kier molecular flexibility index (Phi) is 6.45. The highest BCUT2D eigenvalue weighted by Crippen LogP contribution is 2.38. The number of carbonyl (C=O) groups is 2. The van der Waals surface area contributed by atoms with Crippen molar-refractivity contribution in [3.8, 4) is 0 Å². The first kappa shape index (κ1) is 22.6. The molecule has 3 fully saturated rings. The minimum atomic E-state index is -0.516. The predicted molar refractivity (Wildman–Crippen MR) is 115 cm³/mol. The number of aromatic nitrogens is 2. The molecule has 2 atom stereocenters. The van der Waals surface area contributed by atoms with Crippen LogP contribution in [0.3, 0.4) is 0 Å². The molecule has 4 rings (SSSR count). The molecule has 178 valence electrons. The van der Waals surface area contributed by atoms with Gasteiger partial charge in [-0.1, -0.05) is 18.4 Å². The largest absolute Gasteiger partial charge is 0.444 e. The SMILES string of the molecule is CCCCON1C(=O)N2C[C@@H]1CC[C@H]2c1nnc(N2CCN(C(=O)OC(C)(C)C)CC2)o1. The van der Waals surface area contributed by atoms with Gasteiger partial charge in [-0.05, 0) is 40.0 Å². The lowest BCUT2D eigenvalue weighted by Crippen LogP contribution is -2.50. The average molecular weight is 451 g/mol. The lowest BCUT2D eigenvalue weighted by atomic mass is 10.0. The number of hydrogen-bond donors (Lipinski definition) is 0. The standard InChI is InChI=1S/C21H34N6O5/c1-5-6-13-30-27-15-7-8-16(26(14-15)19(27)28)17-22-23-18(31-17)24-9-11-25(12-10-24)20(29)32-21(2,3)4/h15-16H,5-14H2,1-4H3/t15-,16-/m0/s1. The van der Waals surface area contributed by atoms with Gasteiger partial charge in [0.05, 0.1) is 12.6 Å². The summed E-state index contributed by atoms with van der Waals surface area (Å²) in [5.74, 6) is 0.455. The minimum absolute atomic E-state index is 0.0823. The zero-order valence-electron chi connectivity index (χ0n) is 19.5. The molecule has 0 saturated carbocycles. The number of unbranched alkanes of at least 4 members (excludes halogenated alkanes) is 1. The first-order chi connectivity index (χ1) is 15.3. The molecule has 2 bridgehead atoms. The molecule has 0 aliphatic carbocycles. The van der Waals surface area contributed by atoms with Crippen LogP contribution in [0.4, 0.5) is 15.6 Å². The summed E-state index contributed by atoms with van der Waals surface area (Å²) in [7, 11) is 0. The lowest BCUT2D eigenvalue weighted by Gasteiger charge is -2.34. The first-order valence-corrected chi connectivity index (χ1v) is 11.6. The number of fused-ring (bicyclic) bond motifs is 2. The van der Waals surface area contributed by atoms with E-state index < -0.39 is 5.60 Å². The lowest BCUT2D eigenvalue weighted by molar-refractivity contribution is -0.130. The highest BCUT2D eigenvalue weighted by Gasteiger charge is 2.47. The van der Waals surface area contributed by atoms with Crippen LogP contribution in [0.1, 0.15) is 65.3 Å². The summed E-state index contributed by atoms with van der Waals surface area (Å²) in [5.41, 5.74) is -0.516. The predicted octanol–water partition coefficient (Wildman–Crippen LogP) is 2.80. The Bertz CT molecular complexity index is 816. The number of anilines is 1.